The minimum absolute atomic E-state index is 0.356. The van der Waals surface area contributed by atoms with E-state index < -0.39 is 0 Å². The standard InChI is InChI=1S/C15H31NO2/c1-12(2)16-8-6-5-7-9-17-15-10-13(3)18-14(4)11-15/h12-16H,5-11H2,1-4H3. The van der Waals surface area contributed by atoms with Gasteiger partial charge in [-0.25, -0.2) is 0 Å². The van der Waals surface area contributed by atoms with Crippen LogP contribution in [0, 0.1) is 0 Å². The molecule has 0 radical (unpaired) electrons. The molecule has 3 nitrogen and oxygen atoms in total. The molecule has 1 saturated heterocycles. The van der Waals surface area contributed by atoms with E-state index in [1.807, 2.05) is 0 Å². The number of hydrogen-bond donors (Lipinski definition) is 1. The third kappa shape index (κ3) is 7.34. The first-order chi connectivity index (χ1) is 8.58. The first-order valence-electron chi connectivity index (χ1n) is 7.58. The molecule has 18 heavy (non-hydrogen) atoms. The summed E-state index contributed by atoms with van der Waals surface area (Å²) in [5.74, 6) is 0. The summed E-state index contributed by atoms with van der Waals surface area (Å²) in [5.41, 5.74) is 0. The molecule has 0 aromatic rings. The Labute approximate surface area is 113 Å². The number of rotatable bonds is 8. The zero-order chi connectivity index (χ0) is 13.4. The lowest BCUT2D eigenvalue weighted by atomic mass is 10.0. The molecule has 1 aliphatic rings. The van der Waals surface area contributed by atoms with Crippen LogP contribution in [0.15, 0.2) is 0 Å². The van der Waals surface area contributed by atoms with Gasteiger partial charge in [0.1, 0.15) is 0 Å². The normalized spacial score (nSPS) is 28.8. The summed E-state index contributed by atoms with van der Waals surface area (Å²) in [4.78, 5) is 0. The van der Waals surface area contributed by atoms with E-state index in [1.165, 1.54) is 19.3 Å². The molecule has 108 valence electrons. The summed E-state index contributed by atoms with van der Waals surface area (Å²) in [6, 6.07) is 0.603. The summed E-state index contributed by atoms with van der Waals surface area (Å²) in [6.45, 7) is 10.7. The molecule has 1 N–H and O–H groups in total. The lowest BCUT2D eigenvalue weighted by Gasteiger charge is -2.32. The molecule has 0 spiro atoms. The zero-order valence-corrected chi connectivity index (χ0v) is 12.6. The Kier molecular flexibility index (Phi) is 7.87. The van der Waals surface area contributed by atoms with Crippen LogP contribution in [0.3, 0.4) is 0 Å². The van der Waals surface area contributed by atoms with Gasteiger partial charge in [0.2, 0.25) is 0 Å². The van der Waals surface area contributed by atoms with E-state index >= 15 is 0 Å². The predicted molar refractivity (Wildman–Crippen MR) is 76.0 cm³/mol. The Morgan fingerprint density at radius 3 is 2.39 bits per heavy atom. The quantitative estimate of drug-likeness (QED) is 0.678. The predicted octanol–water partition coefficient (Wildman–Crippen LogP) is 3.13. The second-order valence-corrected chi connectivity index (χ2v) is 5.89. The monoisotopic (exact) mass is 257 g/mol. The molecule has 0 amide bonds. The van der Waals surface area contributed by atoms with Crippen molar-refractivity contribution in [1.29, 1.82) is 0 Å². The van der Waals surface area contributed by atoms with Gasteiger partial charge in [-0.2, -0.15) is 0 Å². The number of hydrogen-bond acceptors (Lipinski definition) is 3. The Hall–Kier alpha value is -0.120. The van der Waals surface area contributed by atoms with Gasteiger partial charge in [-0.1, -0.05) is 13.8 Å². The fraction of sp³-hybridized carbons (Fsp3) is 1.00. The largest absolute Gasteiger partial charge is 0.378 e. The maximum atomic E-state index is 5.95. The molecule has 3 heteroatoms. The van der Waals surface area contributed by atoms with E-state index in [1.54, 1.807) is 0 Å². The molecule has 1 heterocycles. The summed E-state index contributed by atoms with van der Waals surface area (Å²) in [6.07, 6.45) is 6.93. The van der Waals surface area contributed by atoms with Crippen LogP contribution in [0.2, 0.25) is 0 Å². The topological polar surface area (TPSA) is 30.5 Å². The highest BCUT2D eigenvalue weighted by atomic mass is 16.5. The van der Waals surface area contributed by atoms with Gasteiger partial charge in [0.25, 0.3) is 0 Å². The molecular formula is C15H31NO2. The van der Waals surface area contributed by atoms with Crippen molar-refractivity contribution in [3.8, 4) is 0 Å². The molecule has 1 aliphatic heterocycles. The average Bonchev–Trinajstić information content (AvgIpc) is 2.26. The van der Waals surface area contributed by atoms with Crippen molar-refractivity contribution in [1.82, 2.24) is 5.32 Å². The van der Waals surface area contributed by atoms with Gasteiger partial charge in [-0.15, -0.1) is 0 Å². The fourth-order valence-corrected chi connectivity index (χ4v) is 2.53. The molecule has 0 saturated carbocycles. The van der Waals surface area contributed by atoms with Crippen LogP contribution in [0.5, 0.6) is 0 Å². The first kappa shape index (κ1) is 15.9. The molecule has 0 bridgehead atoms. The van der Waals surface area contributed by atoms with Crippen LogP contribution >= 0.6 is 0 Å². The summed E-state index contributed by atoms with van der Waals surface area (Å²) < 4.78 is 11.7. The Bertz CT molecular complexity index is 199. The van der Waals surface area contributed by atoms with Crippen LogP contribution in [0.4, 0.5) is 0 Å². The first-order valence-corrected chi connectivity index (χ1v) is 7.58. The smallest absolute Gasteiger partial charge is 0.0624 e. The molecule has 0 aromatic carbocycles. The van der Waals surface area contributed by atoms with Crippen LogP contribution in [-0.4, -0.2) is 37.5 Å². The van der Waals surface area contributed by atoms with Crippen molar-refractivity contribution in [2.24, 2.45) is 0 Å². The lowest BCUT2D eigenvalue weighted by Crippen LogP contribution is -2.34. The van der Waals surface area contributed by atoms with Gasteiger partial charge in [-0.3, -0.25) is 0 Å². The highest BCUT2D eigenvalue weighted by Gasteiger charge is 2.24. The van der Waals surface area contributed by atoms with Gasteiger partial charge in [0, 0.05) is 12.6 Å². The molecule has 0 aliphatic carbocycles. The maximum Gasteiger partial charge on any atom is 0.0624 e. The summed E-state index contributed by atoms with van der Waals surface area (Å²) in [7, 11) is 0. The highest BCUT2D eigenvalue weighted by molar-refractivity contribution is 4.73. The third-order valence-corrected chi connectivity index (χ3v) is 3.38. The lowest BCUT2D eigenvalue weighted by molar-refractivity contribution is -0.102. The molecule has 1 fully saturated rings. The molecular weight excluding hydrogens is 226 g/mol. The van der Waals surface area contributed by atoms with E-state index in [0.717, 1.165) is 26.0 Å². The van der Waals surface area contributed by atoms with E-state index in [-0.39, 0.29) is 0 Å². The molecule has 0 aromatic heterocycles. The number of nitrogens with one attached hydrogen (secondary N) is 1. The minimum atomic E-state index is 0.356. The van der Waals surface area contributed by atoms with E-state index in [0.29, 0.717) is 24.4 Å². The van der Waals surface area contributed by atoms with Crippen molar-refractivity contribution in [3.05, 3.63) is 0 Å². The number of ether oxygens (including phenoxy) is 2. The van der Waals surface area contributed by atoms with Gasteiger partial charge in [0.05, 0.1) is 18.3 Å². The van der Waals surface area contributed by atoms with Gasteiger partial charge in [-0.05, 0) is 52.5 Å². The van der Waals surface area contributed by atoms with E-state index in [4.69, 9.17) is 9.47 Å². The van der Waals surface area contributed by atoms with Crippen LogP contribution < -0.4 is 5.32 Å². The Morgan fingerprint density at radius 2 is 1.78 bits per heavy atom. The molecule has 2 atom stereocenters. The van der Waals surface area contributed by atoms with Gasteiger partial charge < -0.3 is 14.8 Å². The van der Waals surface area contributed by atoms with Crippen molar-refractivity contribution < 1.29 is 9.47 Å². The van der Waals surface area contributed by atoms with Crippen molar-refractivity contribution >= 4 is 0 Å². The van der Waals surface area contributed by atoms with Crippen molar-refractivity contribution in [3.63, 3.8) is 0 Å². The van der Waals surface area contributed by atoms with Crippen LogP contribution in [-0.2, 0) is 9.47 Å². The second-order valence-electron chi connectivity index (χ2n) is 5.89. The maximum absolute atomic E-state index is 5.95. The Balaban J connectivity index is 1.94. The van der Waals surface area contributed by atoms with Crippen molar-refractivity contribution in [2.75, 3.05) is 13.2 Å². The SMILES string of the molecule is CC(C)NCCCCCOC1CC(C)OC(C)C1. The van der Waals surface area contributed by atoms with Crippen LogP contribution in [0.1, 0.15) is 59.8 Å². The van der Waals surface area contributed by atoms with E-state index in [9.17, 15) is 0 Å². The third-order valence-electron chi connectivity index (χ3n) is 3.38. The van der Waals surface area contributed by atoms with Gasteiger partial charge in [0.15, 0.2) is 0 Å². The average molecular weight is 257 g/mol. The fourth-order valence-electron chi connectivity index (χ4n) is 2.53. The van der Waals surface area contributed by atoms with Crippen molar-refractivity contribution in [2.45, 2.75) is 84.2 Å². The van der Waals surface area contributed by atoms with Crippen LogP contribution in [0.25, 0.3) is 0 Å². The highest BCUT2D eigenvalue weighted by Crippen LogP contribution is 2.21. The minimum Gasteiger partial charge on any atom is -0.378 e. The zero-order valence-electron chi connectivity index (χ0n) is 12.6. The van der Waals surface area contributed by atoms with E-state index in [2.05, 4.69) is 33.0 Å². The summed E-state index contributed by atoms with van der Waals surface area (Å²) in [5, 5.41) is 3.44. The number of unbranched alkanes of at least 4 members (excludes halogenated alkanes) is 2. The summed E-state index contributed by atoms with van der Waals surface area (Å²) >= 11 is 0. The molecule has 1 rings (SSSR count). The van der Waals surface area contributed by atoms with Gasteiger partial charge >= 0.3 is 0 Å². The molecule has 2 unspecified atom stereocenters. The Morgan fingerprint density at radius 1 is 1.11 bits per heavy atom. The second kappa shape index (κ2) is 8.89.